The maximum absolute atomic E-state index is 11.8. The summed E-state index contributed by atoms with van der Waals surface area (Å²) in [5.41, 5.74) is 0. The van der Waals surface area contributed by atoms with Gasteiger partial charge in [-0.15, -0.1) is 0 Å². The zero-order chi connectivity index (χ0) is 9.19. The first-order chi connectivity index (χ1) is 5.49. The van der Waals surface area contributed by atoms with Crippen LogP contribution in [-0.2, 0) is 0 Å². The van der Waals surface area contributed by atoms with Crippen molar-refractivity contribution in [2.24, 2.45) is 0 Å². The molecule has 0 spiro atoms. The van der Waals surface area contributed by atoms with Crippen LogP contribution in [0.2, 0.25) is 0 Å². The maximum atomic E-state index is 11.8. The molecular weight excluding hydrogens is 187 g/mol. The highest BCUT2D eigenvalue weighted by Gasteiger charge is 2.31. The lowest BCUT2D eigenvalue weighted by molar-refractivity contribution is -0.126. The van der Waals surface area contributed by atoms with Gasteiger partial charge in [0.15, 0.2) is 0 Å². The van der Waals surface area contributed by atoms with Crippen LogP contribution in [0.15, 0.2) is 0 Å². The summed E-state index contributed by atoms with van der Waals surface area (Å²) in [6, 6.07) is 0.0385. The Bertz CT molecular complexity index is 148. The van der Waals surface area contributed by atoms with Crippen molar-refractivity contribution in [1.29, 1.82) is 0 Å². The molecule has 1 aliphatic heterocycles. The zero-order valence-electron chi connectivity index (χ0n) is 6.82. The largest absolute Gasteiger partial charge is 0.401 e. The van der Waals surface area contributed by atoms with Crippen LogP contribution in [0.4, 0.5) is 13.2 Å². The van der Waals surface area contributed by atoms with E-state index in [1.54, 1.807) is 11.8 Å². The fourth-order valence-corrected chi connectivity index (χ4v) is 2.47. The Labute approximate surface area is 74.1 Å². The molecule has 1 heterocycles. The SMILES string of the molecule is CC1SCCC1NCC(F)(F)F. The second-order valence-corrected chi connectivity index (χ2v) is 4.45. The van der Waals surface area contributed by atoms with Gasteiger partial charge in [0.25, 0.3) is 0 Å². The van der Waals surface area contributed by atoms with Crippen LogP contribution in [0.1, 0.15) is 13.3 Å². The van der Waals surface area contributed by atoms with Gasteiger partial charge in [0.2, 0.25) is 0 Å². The molecule has 1 N–H and O–H groups in total. The Morgan fingerprint density at radius 1 is 1.50 bits per heavy atom. The smallest absolute Gasteiger partial charge is 0.305 e. The van der Waals surface area contributed by atoms with E-state index in [1.807, 2.05) is 6.92 Å². The van der Waals surface area contributed by atoms with E-state index in [2.05, 4.69) is 5.32 Å². The highest BCUT2D eigenvalue weighted by Crippen LogP contribution is 2.26. The molecule has 0 aromatic carbocycles. The molecule has 1 rings (SSSR count). The Hall–Kier alpha value is 0.100. The summed E-state index contributed by atoms with van der Waals surface area (Å²) in [4.78, 5) is 0. The number of rotatable bonds is 2. The van der Waals surface area contributed by atoms with E-state index in [0.29, 0.717) is 5.25 Å². The van der Waals surface area contributed by atoms with Crippen molar-refractivity contribution in [3.63, 3.8) is 0 Å². The summed E-state index contributed by atoms with van der Waals surface area (Å²) in [6.07, 6.45) is -3.23. The van der Waals surface area contributed by atoms with Crippen molar-refractivity contribution < 1.29 is 13.2 Å². The molecule has 5 heteroatoms. The molecule has 0 aromatic heterocycles. The summed E-state index contributed by atoms with van der Waals surface area (Å²) in [7, 11) is 0. The van der Waals surface area contributed by atoms with Gasteiger partial charge in [-0.1, -0.05) is 6.92 Å². The summed E-state index contributed by atoms with van der Waals surface area (Å²) < 4.78 is 35.3. The van der Waals surface area contributed by atoms with E-state index in [4.69, 9.17) is 0 Å². The standard InChI is InChI=1S/C7H12F3NS/c1-5-6(2-3-12-5)11-4-7(8,9)10/h5-6,11H,2-4H2,1H3. The molecule has 12 heavy (non-hydrogen) atoms. The zero-order valence-corrected chi connectivity index (χ0v) is 7.63. The van der Waals surface area contributed by atoms with Crippen molar-refractivity contribution in [3.8, 4) is 0 Å². The fourth-order valence-electron chi connectivity index (χ4n) is 1.25. The van der Waals surface area contributed by atoms with Crippen molar-refractivity contribution >= 4 is 11.8 Å². The van der Waals surface area contributed by atoms with Gasteiger partial charge in [-0.2, -0.15) is 24.9 Å². The van der Waals surface area contributed by atoms with Gasteiger partial charge in [0.1, 0.15) is 0 Å². The highest BCUT2D eigenvalue weighted by atomic mass is 32.2. The van der Waals surface area contributed by atoms with E-state index >= 15 is 0 Å². The number of halogens is 3. The van der Waals surface area contributed by atoms with Crippen LogP contribution in [0.5, 0.6) is 0 Å². The molecule has 2 atom stereocenters. The van der Waals surface area contributed by atoms with Crippen molar-refractivity contribution in [2.45, 2.75) is 30.8 Å². The molecule has 72 valence electrons. The third kappa shape index (κ3) is 3.23. The average Bonchev–Trinajstić information content (AvgIpc) is 2.29. The van der Waals surface area contributed by atoms with Gasteiger partial charge in [0, 0.05) is 11.3 Å². The first-order valence-corrected chi connectivity index (χ1v) is 4.95. The number of hydrogen-bond acceptors (Lipinski definition) is 2. The lowest BCUT2D eigenvalue weighted by Gasteiger charge is -2.17. The van der Waals surface area contributed by atoms with Crippen LogP contribution in [0.25, 0.3) is 0 Å². The molecule has 2 unspecified atom stereocenters. The second-order valence-electron chi connectivity index (χ2n) is 2.97. The predicted molar refractivity (Wildman–Crippen MR) is 44.4 cm³/mol. The van der Waals surface area contributed by atoms with E-state index in [1.165, 1.54) is 0 Å². The number of thioether (sulfide) groups is 1. The third-order valence-corrected chi connectivity index (χ3v) is 3.27. The molecule has 1 fully saturated rings. The van der Waals surface area contributed by atoms with Crippen molar-refractivity contribution in [2.75, 3.05) is 12.3 Å². The summed E-state index contributed by atoms with van der Waals surface area (Å²) in [5, 5.41) is 2.84. The molecule has 0 amide bonds. The van der Waals surface area contributed by atoms with Gasteiger partial charge >= 0.3 is 6.18 Å². The molecule has 1 saturated heterocycles. The quantitative estimate of drug-likeness (QED) is 0.730. The van der Waals surface area contributed by atoms with Gasteiger partial charge in [-0.05, 0) is 12.2 Å². The lowest BCUT2D eigenvalue weighted by Crippen LogP contribution is -2.39. The Morgan fingerprint density at radius 2 is 2.17 bits per heavy atom. The first kappa shape index (κ1) is 10.2. The molecular formula is C7H12F3NS. The highest BCUT2D eigenvalue weighted by molar-refractivity contribution is 8.00. The van der Waals surface area contributed by atoms with E-state index in [9.17, 15) is 13.2 Å². The maximum Gasteiger partial charge on any atom is 0.401 e. The molecule has 1 nitrogen and oxygen atoms in total. The van der Waals surface area contributed by atoms with Crippen LogP contribution in [0, 0.1) is 0 Å². The van der Waals surface area contributed by atoms with Gasteiger partial charge in [0.05, 0.1) is 6.54 Å². The third-order valence-electron chi connectivity index (χ3n) is 1.94. The van der Waals surface area contributed by atoms with Crippen molar-refractivity contribution in [1.82, 2.24) is 5.32 Å². The van der Waals surface area contributed by atoms with Gasteiger partial charge in [-0.25, -0.2) is 0 Å². The van der Waals surface area contributed by atoms with Crippen LogP contribution >= 0.6 is 11.8 Å². The fraction of sp³-hybridized carbons (Fsp3) is 1.00. The minimum Gasteiger partial charge on any atom is -0.305 e. The molecule has 0 aliphatic carbocycles. The van der Waals surface area contributed by atoms with Crippen LogP contribution in [0.3, 0.4) is 0 Å². The lowest BCUT2D eigenvalue weighted by atomic mass is 10.2. The molecule has 0 radical (unpaired) electrons. The Kier molecular flexibility index (Phi) is 3.29. The first-order valence-electron chi connectivity index (χ1n) is 3.91. The Balaban J connectivity index is 2.23. The monoisotopic (exact) mass is 199 g/mol. The minimum absolute atomic E-state index is 0.0385. The normalized spacial score (nSPS) is 31.0. The Morgan fingerprint density at radius 3 is 2.58 bits per heavy atom. The van der Waals surface area contributed by atoms with Crippen LogP contribution in [-0.4, -0.2) is 29.8 Å². The number of nitrogens with one attached hydrogen (secondary N) is 1. The summed E-state index contributed by atoms with van der Waals surface area (Å²) in [5.74, 6) is 0.969. The van der Waals surface area contributed by atoms with Gasteiger partial charge in [-0.3, -0.25) is 0 Å². The summed E-state index contributed by atoms with van der Waals surface area (Å²) in [6.45, 7) is 1.11. The van der Waals surface area contributed by atoms with Crippen LogP contribution < -0.4 is 5.32 Å². The molecule has 0 aromatic rings. The van der Waals surface area contributed by atoms with E-state index in [-0.39, 0.29) is 6.04 Å². The van der Waals surface area contributed by atoms with Crippen molar-refractivity contribution in [3.05, 3.63) is 0 Å². The molecule has 0 bridgehead atoms. The predicted octanol–water partition coefficient (Wildman–Crippen LogP) is 2.03. The topological polar surface area (TPSA) is 12.0 Å². The average molecular weight is 199 g/mol. The molecule has 1 aliphatic rings. The number of hydrogen-bond donors (Lipinski definition) is 1. The number of alkyl halides is 3. The summed E-state index contributed by atoms with van der Waals surface area (Å²) >= 11 is 1.73. The second kappa shape index (κ2) is 3.87. The minimum atomic E-state index is -4.08. The van der Waals surface area contributed by atoms with E-state index < -0.39 is 12.7 Å². The van der Waals surface area contributed by atoms with Gasteiger partial charge < -0.3 is 5.32 Å². The van der Waals surface area contributed by atoms with E-state index in [0.717, 1.165) is 12.2 Å². The molecule has 0 saturated carbocycles.